The van der Waals surface area contributed by atoms with Crippen LogP contribution in [0.1, 0.15) is 40.6 Å². The second kappa shape index (κ2) is 10.1. The number of rotatable bonds is 9. The van der Waals surface area contributed by atoms with E-state index in [1.807, 2.05) is 42.5 Å². The summed E-state index contributed by atoms with van der Waals surface area (Å²) in [5.41, 5.74) is 1.16. The van der Waals surface area contributed by atoms with Gasteiger partial charge in [-0.3, -0.25) is 9.69 Å². The van der Waals surface area contributed by atoms with E-state index in [9.17, 15) is 13.2 Å². The first-order chi connectivity index (χ1) is 15.5. The highest BCUT2D eigenvalue weighted by Gasteiger charge is 2.26. The molecule has 2 heterocycles. The van der Waals surface area contributed by atoms with Crippen molar-refractivity contribution in [2.45, 2.75) is 30.3 Å². The number of benzene rings is 2. The lowest BCUT2D eigenvalue weighted by Gasteiger charge is -2.26. The SMILES string of the molecule is O=C(NC[C@@H](c1ccco1)N1CCCC1)c1cccc(S(=O)(=O)NCc2ccccc2)c1. The van der Waals surface area contributed by atoms with Gasteiger partial charge in [0, 0.05) is 18.7 Å². The van der Waals surface area contributed by atoms with Gasteiger partial charge in [-0.25, -0.2) is 13.1 Å². The fourth-order valence-corrected chi connectivity index (χ4v) is 4.96. The quantitative estimate of drug-likeness (QED) is 0.519. The van der Waals surface area contributed by atoms with Gasteiger partial charge in [0.15, 0.2) is 0 Å². The van der Waals surface area contributed by atoms with Crippen molar-refractivity contribution in [3.05, 3.63) is 89.9 Å². The molecule has 4 rings (SSSR count). The standard InChI is InChI=1S/C24H27N3O4S/c28-24(25-18-22(23-12-7-15-31-23)27-13-4-5-14-27)20-10-6-11-21(16-20)32(29,30)26-17-19-8-2-1-3-9-19/h1-3,6-12,15-16,22,26H,4-5,13-14,17-18H2,(H,25,28)/t22-/m0/s1. The Morgan fingerprint density at radius 1 is 1.00 bits per heavy atom. The molecule has 0 bridgehead atoms. The molecule has 1 saturated heterocycles. The summed E-state index contributed by atoms with van der Waals surface area (Å²) in [4.78, 5) is 15.2. The Kier molecular flexibility index (Phi) is 7.04. The van der Waals surface area contributed by atoms with Gasteiger partial charge in [0.25, 0.3) is 5.91 Å². The monoisotopic (exact) mass is 453 g/mol. The van der Waals surface area contributed by atoms with E-state index in [1.54, 1.807) is 18.4 Å². The molecular weight excluding hydrogens is 426 g/mol. The van der Waals surface area contributed by atoms with Gasteiger partial charge in [-0.1, -0.05) is 36.4 Å². The van der Waals surface area contributed by atoms with E-state index in [0.29, 0.717) is 12.1 Å². The molecule has 0 unspecified atom stereocenters. The predicted octanol–water partition coefficient (Wildman–Crippen LogP) is 3.33. The molecule has 1 atom stereocenters. The first-order valence-electron chi connectivity index (χ1n) is 10.7. The minimum atomic E-state index is -3.75. The van der Waals surface area contributed by atoms with Crippen LogP contribution in [0.3, 0.4) is 0 Å². The van der Waals surface area contributed by atoms with Crippen LogP contribution in [0.15, 0.2) is 82.3 Å². The molecule has 3 aromatic rings. The minimum Gasteiger partial charge on any atom is -0.468 e. The normalized spacial score (nSPS) is 15.5. The summed E-state index contributed by atoms with van der Waals surface area (Å²) in [6.45, 7) is 2.49. The number of nitrogens with one attached hydrogen (secondary N) is 2. The molecule has 1 aromatic heterocycles. The van der Waals surface area contributed by atoms with Crippen molar-refractivity contribution in [3.63, 3.8) is 0 Å². The lowest BCUT2D eigenvalue weighted by atomic mass is 10.1. The summed E-state index contributed by atoms with van der Waals surface area (Å²) >= 11 is 0. The zero-order valence-electron chi connectivity index (χ0n) is 17.7. The number of furan rings is 1. The Bertz CT molecular complexity index is 1130. The highest BCUT2D eigenvalue weighted by Crippen LogP contribution is 2.25. The van der Waals surface area contributed by atoms with E-state index in [0.717, 1.165) is 37.3 Å². The van der Waals surface area contributed by atoms with Crippen molar-refractivity contribution in [2.75, 3.05) is 19.6 Å². The largest absolute Gasteiger partial charge is 0.468 e. The van der Waals surface area contributed by atoms with Gasteiger partial charge in [0.05, 0.1) is 17.2 Å². The second-order valence-electron chi connectivity index (χ2n) is 7.82. The zero-order chi connectivity index (χ0) is 22.4. The van der Waals surface area contributed by atoms with Gasteiger partial charge >= 0.3 is 0 Å². The lowest BCUT2D eigenvalue weighted by molar-refractivity contribution is 0.0933. The van der Waals surface area contributed by atoms with Crippen LogP contribution in [0.5, 0.6) is 0 Å². The Labute approximate surface area is 188 Å². The average Bonchev–Trinajstić information content (AvgIpc) is 3.54. The number of likely N-dealkylation sites (tertiary alicyclic amines) is 1. The van der Waals surface area contributed by atoms with Crippen LogP contribution in [0.4, 0.5) is 0 Å². The van der Waals surface area contributed by atoms with E-state index in [2.05, 4.69) is 14.9 Å². The molecule has 1 fully saturated rings. The summed E-state index contributed by atoms with van der Waals surface area (Å²) in [6, 6.07) is 19.1. The highest BCUT2D eigenvalue weighted by molar-refractivity contribution is 7.89. The molecule has 0 radical (unpaired) electrons. The van der Waals surface area contributed by atoms with Crippen LogP contribution in [0, 0.1) is 0 Å². The van der Waals surface area contributed by atoms with E-state index in [-0.39, 0.29) is 23.4 Å². The molecule has 7 nitrogen and oxygen atoms in total. The number of hydrogen-bond donors (Lipinski definition) is 2. The van der Waals surface area contributed by atoms with Crippen molar-refractivity contribution >= 4 is 15.9 Å². The number of amides is 1. The van der Waals surface area contributed by atoms with Crippen molar-refractivity contribution in [1.82, 2.24) is 14.9 Å². The Morgan fingerprint density at radius 2 is 1.78 bits per heavy atom. The van der Waals surface area contributed by atoms with Gasteiger partial charge in [-0.05, 0) is 61.8 Å². The summed E-state index contributed by atoms with van der Waals surface area (Å²) in [7, 11) is -3.75. The molecule has 8 heteroatoms. The summed E-state index contributed by atoms with van der Waals surface area (Å²) in [6.07, 6.45) is 3.89. The molecule has 1 amide bonds. The van der Waals surface area contributed by atoms with Gasteiger partial charge in [0.2, 0.25) is 10.0 Å². The number of hydrogen-bond acceptors (Lipinski definition) is 5. The third-order valence-corrected chi connectivity index (χ3v) is 7.02. The van der Waals surface area contributed by atoms with E-state index in [4.69, 9.17) is 4.42 Å². The van der Waals surface area contributed by atoms with Crippen LogP contribution in [-0.4, -0.2) is 38.9 Å². The number of carbonyl (C=O) groups is 1. The van der Waals surface area contributed by atoms with Crippen LogP contribution in [0.25, 0.3) is 0 Å². The van der Waals surface area contributed by atoms with Crippen LogP contribution in [-0.2, 0) is 16.6 Å². The number of carbonyl (C=O) groups excluding carboxylic acids is 1. The molecule has 0 spiro atoms. The molecule has 1 aliphatic rings. The number of sulfonamides is 1. The maximum Gasteiger partial charge on any atom is 0.251 e. The Balaban J connectivity index is 1.42. The van der Waals surface area contributed by atoms with Gasteiger partial charge in [0.1, 0.15) is 5.76 Å². The predicted molar refractivity (Wildman–Crippen MR) is 121 cm³/mol. The van der Waals surface area contributed by atoms with Crippen LogP contribution < -0.4 is 10.0 Å². The maximum atomic E-state index is 12.8. The van der Waals surface area contributed by atoms with Crippen LogP contribution in [0.2, 0.25) is 0 Å². The Hall–Kier alpha value is -2.94. The van der Waals surface area contributed by atoms with Crippen LogP contribution >= 0.6 is 0 Å². The first-order valence-corrected chi connectivity index (χ1v) is 12.2. The maximum absolute atomic E-state index is 12.8. The second-order valence-corrected chi connectivity index (χ2v) is 9.59. The third kappa shape index (κ3) is 5.45. The van der Waals surface area contributed by atoms with Gasteiger partial charge < -0.3 is 9.73 Å². The van der Waals surface area contributed by atoms with Crippen molar-refractivity contribution in [2.24, 2.45) is 0 Å². The average molecular weight is 454 g/mol. The lowest BCUT2D eigenvalue weighted by Crippen LogP contribution is -2.36. The van der Waals surface area contributed by atoms with Crippen molar-refractivity contribution in [3.8, 4) is 0 Å². The smallest absolute Gasteiger partial charge is 0.251 e. The highest BCUT2D eigenvalue weighted by atomic mass is 32.2. The molecule has 2 aromatic carbocycles. The van der Waals surface area contributed by atoms with E-state index in [1.165, 1.54) is 12.1 Å². The fraction of sp³-hybridized carbons (Fsp3) is 0.292. The van der Waals surface area contributed by atoms with E-state index >= 15 is 0 Å². The molecule has 32 heavy (non-hydrogen) atoms. The van der Waals surface area contributed by atoms with E-state index < -0.39 is 10.0 Å². The van der Waals surface area contributed by atoms with Gasteiger partial charge in [-0.2, -0.15) is 0 Å². The fourth-order valence-electron chi connectivity index (χ4n) is 3.90. The molecule has 0 aliphatic carbocycles. The zero-order valence-corrected chi connectivity index (χ0v) is 18.6. The molecular formula is C24H27N3O4S. The third-order valence-electron chi connectivity index (χ3n) is 5.62. The molecule has 0 saturated carbocycles. The summed E-state index contributed by atoms with van der Waals surface area (Å²) in [5, 5.41) is 2.94. The first kappa shape index (κ1) is 22.3. The Morgan fingerprint density at radius 3 is 2.50 bits per heavy atom. The van der Waals surface area contributed by atoms with Crippen molar-refractivity contribution in [1.29, 1.82) is 0 Å². The van der Waals surface area contributed by atoms with Crippen molar-refractivity contribution < 1.29 is 17.6 Å². The minimum absolute atomic E-state index is 0.0455. The topological polar surface area (TPSA) is 91.7 Å². The number of nitrogens with zero attached hydrogens (tertiary/aromatic N) is 1. The summed E-state index contributed by atoms with van der Waals surface area (Å²) < 4.78 is 33.6. The molecule has 168 valence electrons. The van der Waals surface area contributed by atoms with Gasteiger partial charge in [-0.15, -0.1) is 0 Å². The summed E-state index contributed by atoms with van der Waals surface area (Å²) in [5.74, 6) is 0.495. The molecule has 2 N–H and O–H groups in total. The molecule has 1 aliphatic heterocycles.